The Morgan fingerprint density at radius 3 is 2.24 bits per heavy atom. The van der Waals surface area contributed by atoms with E-state index in [0.29, 0.717) is 18.8 Å². The third-order valence-corrected chi connectivity index (χ3v) is 2.91. The SMILES string of the molecule is O=C(O)c1ccc(CCOc2ccc([N+](=O)[O-])cc2)cc1. The van der Waals surface area contributed by atoms with Crippen molar-refractivity contribution in [2.45, 2.75) is 6.42 Å². The Hall–Kier alpha value is -2.89. The molecule has 0 amide bonds. The number of ether oxygens (including phenoxy) is 1. The fourth-order valence-corrected chi connectivity index (χ4v) is 1.76. The van der Waals surface area contributed by atoms with Crippen LogP contribution in [-0.4, -0.2) is 22.6 Å². The van der Waals surface area contributed by atoms with Crippen molar-refractivity contribution in [2.24, 2.45) is 0 Å². The van der Waals surface area contributed by atoms with Crippen molar-refractivity contribution in [1.82, 2.24) is 0 Å². The minimum absolute atomic E-state index is 0.0200. The van der Waals surface area contributed by atoms with Crippen LogP contribution < -0.4 is 4.74 Å². The quantitative estimate of drug-likeness (QED) is 0.651. The van der Waals surface area contributed by atoms with E-state index in [9.17, 15) is 14.9 Å². The second kappa shape index (κ2) is 6.51. The third-order valence-electron chi connectivity index (χ3n) is 2.91. The molecule has 0 spiro atoms. The lowest BCUT2D eigenvalue weighted by Crippen LogP contribution is -2.02. The molecule has 2 rings (SSSR count). The summed E-state index contributed by atoms with van der Waals surface area (Å²) in [6, 6.07) is 12.4. The summed E-state index contributed by atoms with van der Waals surface area (Å²) in [5.41, 5.74) is 1.23. The molecule has 1 N–H and O–H groups in total. The van der Waals surface area contributed by atoms with Crippen molar-refractivity contribution in [3.05, 3.63) is 69.8 Å². The van der Waals surface area contributed by atoms with Crippen LogP contribution in [0, 0.1) is 10.1 Å². The molecule has 108 valence electrons. The van der Waals surface area contributed by atoms with E-state index < -0.39 is 10.9 Å². The summed E-state index contributed by atoms with van der Waals surface area (Å²) in [5, 5.41) is 19.3. The number of nitro groups is 1. The van der Waals surface area contributed by atoms with E-state index in [2.05, 4.69) is 0 Å². The topological polar surface area (TPSA) is 89.7 Å². The Morgan fingerprint density at radius 1 is 1.10 bits per heavy atom. The minimum atomic E-state index is -0.955. The van der Waals surface area contributed by atoms with Crippen molar-refractivity contribution < 1.29 is 19.6 Å². The Morgan fingerprint density at radius 2 is 1.71 bits per heavy atom. The number of carboxylic acids is 1. The minimum Gasteiger partial charge on any atom is -0.493 e. The van der Waals surface area contributed by atoms with Gasteiger partial charge < -0.3 is 9.84 Å². The molecule has 21 heavy (non-hydrogen) atoms. The maximum Gasteiger partial charge on any atom is 0.335 e. The van der Waals surface area contributed by atoms with Gasteiger partial charge in [0.1, 0.15) is 5.75 Å². The standard InChI is InChI=1S/C15H13NO5/c17-15(18)12-3-1-11(2-4-12)9-10-21-14-7-5-13(6-8-14)16(19)20/h1-8H,9-10H2,(H,17,18). The molecule has 0 heterocycles. The van der Waals surface area contributed by atoms with Crippen LogP contribution in [0.5, 0.6) is 5.75 Å². The normalized spacial score (nSPS) is 10.1. The first-order valence-electron chi connectivity index (χ1n) is 6.26. The van der Waals surface area contributed by atoms with Crippen LogP contribution in [-0.2, 0) is 6.42 Å². The van der Waals surface area contributed by atoms with Gasteiger partial charge in [-0.3, -0.25) is 10.1 Å². The lowest BCUT2D eigenvalue weighted by Gasteiger charge is -2.06. The van der Waals surface area contributed by atoms with Crippen LogP contribution in [0.15, 0.2) is 48.5 Å². The van der Waals surface area contributed by atoms with E-state index >= 15 is 0 Å². The van der Waals surface area contributed by atoms with Crippen LogP contribution in [0.1, 0.15) is 15.9 Å². The molecule has 0 saturated heterocycles. The van der Waals surface area contributed by atoms with Gasteiger partial charge >= 0.3 is 5.97 Å². The molecular formula is C15H13NO5. The Bertz CT molecular complexity index is 577. The zero-order chi connectivity index (χ0) is 15.2. The second-order valence-electron chi connectivity index (χ2n) is 4.35. The number of rotatable bonds is 6. The van der Waals surface area contributed by atoms with Crippen molar-refractivity contribution in [3.63, 3.8) is 0 Å². The van der Waals surface area contributed by atoms with E-state index in [-0.39, 0.29) is 11.3 Å². The van der Waals surface area contributed by atoms with Gasteiger partial charge in [0.05, 0.1) is 17.1 Å². The summed E-state index contributed by atoms with van der Waals surface area (Å²) in [7, 11) is 0. The van der Waals surface area contributed by atoms with Gasteiger partial charge in [0.15, 0.2) is 0 Å². The van der Waals surface area contributed by atoms with Crippen LogP contribution in [0.2, 0.25) is 0 Å². The number of nitrogens with zero attached hydrogens (tertiary/aromatic N) is 1. The molecule has 2 aromatic rings. The van der Waals surface area contributed by atoms with Crippen molar-refractivity contribution in [1.29, 1.82) is 0 Å². The highest BCUT2D eigenvalue weighted by Crippen LogP contribution is 2.17. The predicted octanol–water partition coefficient (Wildman–Crippen LogP) is 2.91. The van der Waals surface area contributed by atoms with Gasteiger partial charge in [0, 0.05) is 18.6 Å². The van der Waals surface area contributed by atoms with Gasteiger partial charge in [0.2, 0.25) is 0 Å². The molecule has 0 aliphatic rings. The molecule has 0 unspecified atom stereocenters. The zero-order valence-corrected chi connectivity index (χ0v) is 11.1. The molecule has 6 heteroatoms. The molecule has 6 nitrogen and oxygen atoms in total. The maximum atomic E-state index is 10.7. The fourth-order valence-electron chi connectivity index (χ4n) is 1.76. The van der Waals surface area contributed by atoms with Crippen molar-refractivity contribution in [2.75, 3.05) is 6.61 Å². The summed E-state index contributed by atoms with van der Waals surface area (Å²) >= 11 is 0. The van der Waals surface area contributed by atoms with E-state index in [0.717, 1.165) is 5.56 Å². The van der Waals surface area contributed by atoms with Gasteiger partial charge in [0.25, 0.3) is 5.69 Å². The lowest BCUT2D eigenvalue weighted by molar-refractivity contribution is -0.384. The molecule has 0 fully saturated rings. The summed E-state index contributed by atoms with van der Waals surface area (Å²) in [5.74, 6) is -0.397. The molecule has 2 aromatic carbocycles. The van der Waals surface area contributed by atoms with Crippen LogP contribution in [0.25, 0.3) is 0 Å². The molecule has 0 aliphatic carbocycles. The Kier molecular flexibility index (Phi) is 4.50. The first-order valence-corrected chi connectivity index (χ1v) is 6.26. The highest BCUT2D eigenvalue weighted by atomic mass is 16.6. The number of benzene rings is 2. The largest absolute Gasteiger partial charge is 0.493 e. The summed E-state index contributed by atoms with van der Waals surface area (Å²) in [6.45, 7) is 0.407. The summed E-state index contributed by atoms with van der Waals surface area (Å²) in [6.07, 6.45) is 0.622. The number of hydrogen-bond donors (Lipinski definition) is 1. The van der Waals surface area contributed by atoms with Gasteiger partial charge in [-0.2, -0.15) is 0 Å². The number of carbonyl (C=O) groups is 1. The number of aromatic carboxylic acids is 1. The molecule has 0 bridgehead atoms. The molecule has 0 atom stereocenters. The highest BCUT2D eigenvalue weighted by Gasteiger charge is 2.05. The van der Waals surface area contributed by atoms with Crippen molar-refractivity contribution in [3.8, 4) is 5.75 Å². The monoisotopic (exact) mass is 287 g/mol. The molecule has 0 radical (unpaired) electrons. The number of non-ortho nitro benzene ring substituents is 1. The van der Waals surface area contributed by atoms with E-state index in [1.54, 1.807) is 36.4 Å². The van der Waals surface area contributed by atoms with E-state index in [1.165, 1.54) is 12.1 Å². The van der Waals surface area contributed by atoms with Gasteiger partial charge in [-0.15, -0.1) is 0 Å². The van der Waals surface area contributed by atoms with E-state index in [1.807, 2.05) is 0 Å². The molecule has 0 aliphatic heterocycles. The number of carboxylic acid groups (broad SMARTS) is 1. The molecule has 0 saturated carbocycles. The van der Waals surface area contributed by atoms with Gasteiger partial charge in [-0.25, -0.2) is 4.79 Å². The Labute approximate surface area is 120 Å². The predicted molar refractivity (Wildman–Crippen MR) is 75.7 cm³/mol. The Balaban J connectivity index is 1.86. The van der Waals surface area contributed by atoms with Crippen molar-refractivity contribution >= 4 is 11.7 Å². The van der Waals surface area contributed by atoms with Gasteiger partial charge in [-0.05, 0) is 29.8 Å². The average molecular weight is 287 g/mol. The second-order valence-corrected chi connectivity index (χ2v) is 4.35. The van der Waals surface area contributed by atoms with Crippen LogP contribution in [0.3, 0.4) is 0 Å². The number of hydrogen-bond acceptors (Lipinski definition) is 4. The third kappa shape index (κ3) is 4.04. The molecular weight excluding hydrogens is 274 g/mol. The summed E-state index contributed by atoms with van der Waals surface area (Å²) in [4.78, 5) is 20.8. The van der Waals surface area contributed by atoms with Crippen LogP contribution in [0.4, 0.5) is 5.69 Å². The zero-order valence-electron chi connectivity index (χ0n) is 11.1. The van der Waals surface area contributed by atoms with Crippen LogP contribution >= 0.6 is 0 Å². The number of nitro benzene ring substituents is 1. The first-order chi connectivity index (χ1) is 10.1. The highest BCUT2D eigenvalue weighted by molar-refractivity contribution is 5.87. The smallest absolute Gasteiger partial charge is 0.335 e. The average Bonchev–Trinajstić information content (AvgIpc) is 2.48. The maximum absolute atomic E-state index is 10.7. The summed E-state index contributed by atoms with van der Waals surface area (Å²) < 4.78 is 5.48. The van der Waals surface area contributed by atoms with E-state index in [4.69, 9.17) is 9.84 Å². The first kappa shape index (κ1) is 14.5. The lowest BCUT2D eigenvalue weighted by atomic mass is 10.1. The van der Waals surface area contributed by atoms with Gasteiger partial charge in [-0.1, -0.05) is 12.1 Å². The fraction of sp³-hybridized carbons (Fsp3) is 0.133. The molecule has 0 aromatic heterocycles.